The normalized spacial score (nSPS) is 10.4. The summed E-state index contributed by atoms with van der Waals surface area (Å²) in [7, 11) is 0. The molecule has 2 aromatic heterocycles. The van der Waals surface area contributed by atoms with Gasteiger partial charge in [-0.05, 0) is 25.5 Å². The van der Waals surface area contributed by atoms with Crippen molar-refractivity contribution in [2.75, 3.05) is 11.9 Å². The van der Waals surface area contributed by atoms with Crippen LogP contribution in [-0.2, 0) is 0 Å². The second-order valence-corrected chi connectivity index (χ2v) is 4.22. The van der Waals surface area contributed by atoms with Gasteiger partial charge in [0.2, 0.25) is 0 Å². The van der Waals surface area contributed by atoms with Gasteiger partial charge in [0.25, 0.3) is 5.88 Å². The molecular weight excluding hydrogens is 264 g/mol. The first-order chi connectivity index (χ1) is 9.61. The second kappa shape index (κ2) is 6.27. The van der Waals surface area contributed by atoms with Crippen LogP contribution in [0.25, 0.3) is 0 Å². The molecule has 0 aliphatic heterocycles. The number of hydrogen-bond donors (Lipinski definition) is 1. The van der Waals surface area contributed by atoms with Gasteiger partial charge in [0.15, 0.2) is 23.2 Å². The van der Waals surface area contributed by atoms with Crippen LogP contribution in [-0.4, -0.2) is 16.5 Å². The molecule has 0 unspecified atom stereocenters. The predicted molar refractivity (Wildman–Crippen MR) is 72.0 cm³/mol. The van der Waals surface area contributed by atoms with E-state index in [0.29, 0.717) is 18.0 Å². The first-order valence-electron chi connectivity index (χ1n) is 6.31. The molecule has 0 aliphatic rings. The van der Waals surface area contributed by atoms with E-state index in [0.717, 1.165) is 12.5 Å². The summed E-state index contributed by atoms with van der Waals surface area (Å²) < 4.78 is 32.6. The number of hydrogen-bond acceptors (Lipinski definition) is 4. The van der Waals surface area contributed by atoms with Crippen molar-refractivity contribution < 1.29 is 13.5 Å². The van der Waals surface area contributed by atoms with Crippen molar-refractivity contribution >= 4 is 5.82 Å². The van der Waals surface area contributed by atoms with Crippen molar-refractivity contribution in [3.05, 3.63) is 41.7 Å². The van der Waals surface area contributed by atoms with E-state index in [2.05, 4.69) is 15.3 Å². The van der Waals surface area contributed by atoms with Gasteiger partial charge in [0, 0.05) is 18.8 Å². The highest BCUT2D eigenvalue weighted by Gasteiger charge is 2.14. The fraction of sp³-hybridized carbons (Fsp3) is 0.286. The molecule has 0 aromatic carbocycles. The van der Waals surface area contributed by atoms with Crippen LogP contribution >= 0.6 is 0 Å². The monoisotopic (exact) mass is 279 g/mol. The summed E-state index contributed by atoms with van der Waals surface area (Å²) >= 11 is 0. The minimum absolute atomic E-state index is 0.0233. The van der Waals surface area contributed by atoms with E-state index in [1.54, 1.807) is 25.3 Å². The quantitative estimate of drug-likeness (QED) is 0.907. The number of halogens is 2. The maximum atomic E-state index is 13.7. The lowest BCUT2D eigenvalue weighted by Crippen LogP contribution is -2.06. The van der Waals surface area contributed by atoms with Crippen LogP contribution in [0, 0.1) is 18.6 Å². The number of aromatic nitrogens is 2. The molecule has 2 aromatic rings. The Morgan fingerprint density at radius 1 is 1.30 bits per heavy atom. The molecule has 6 heteroatoms. The Morgan fingerprint density at radius 3 is 2.80 bits per heavy atom. The summed E-state index contributed by atoms with van der Waals surface area (Å²) in [5.74, 6) is -1.52. The third-order valence-corrected chi connectivity index (χ3v) is 2.60. The zero-order valence-electron chi connectivity index (χ0n) is 11.3. The highest BCUT2D eigenvalue weighted by molar-refractivity contribution is 5.41. The number of anilines is 1. The molecule has 0 atom stereocenters. The van der Waals surface area contributed by atoms with Crippen LogP contribution in [0.2, 0.25) is 0 Å². The van der Waals surface area contributed by atoms with Gasteiger partial charge in [-0.1, -0.05) is 6.92 Å². The summed E-state index contributed by atoms with van der Waals surface area (Å²) in [6.45, 7) is 4.21. The molecule has 2 rings (SSSR count). The average Bonchev–Trinajstić information content (AvgIpc) is 2.43. The van der Waals surface area contributed by atoms with Crippen LogP contribution in [0.4, 0.5) is 14.6 Å². The van der Waals surface area contributed by atoms with Gasteiger partial charge < -0.3 is 10.1 Å². The minimum Gasteiger partial charge on any atom is -0.434 e. The number of nitrogens with one attached hydrogen (secondary N) is 1. The van der Waals surface area contributed by atoms with E-state index < -0.39 is 11.6 Å². The topological polar surface area (TPSA) is 47.0 Å². The third-order valence-electron chi connectivity index (χ3n) is 2.60. The molecule has 0 aliphatic carbocycles. The smallest absolute Gasteiger partial charge is 0.258 e. The first kappa shape index (κ1) is 14.2. The highest BCUT2D eigenvalue weighted by atomic mass is 19.1. The summed E-state index contributed by atoms with van der Waals surface area (Å²) in [6, 6.07) is 4.07. The third kappa shape index (κ3) is 3.20. The van der Waals surface area contributed by atoms with Crippen molar-refractivity contribution in [1.82, 2.24) is 9.97 Å². The predicted octanol–water partition coefficient (Wildman–Crippen LogP) is 3.68. The highest BCUT2D eigenvalue weighted by Crippen LogP contribution is 2.27. The average molecular weight is 279 g/mol. The van der Waals surface area contributed by atoms with Crippen LogP contribution in [0.15, 0.2) is 24.4 Å². The van der Waals surface area contributed by atoms with E-state index in [1.165, 1.54) is 0 Å². The molecule has 106 valence electrons. The largest absolute Gasteiger partial charge is 0.434 e. The zero-order chi connectivity index (χ0) is 14.5. The summed E-state index contributed by atoms with van der Waals surface area (Å²) in [6.07, 6.45) is 2.40. The molecule has 2 heterocycles. The Labute approximate surface area is 115 Å². The van der Waals surface area contributed by atoms with Gasteiger partial charge >= 0.3 is 0 Å². The van der Waals surface area contributed by atoms with Gasteiger partial charge in [0.1, 0.15) is 0 Å². The number of rotatable bonds is 5. The van der Waals surface area contributed by atoms with Gasteiger partial charge in [0.05, 0.1) is 5.69 Å². The molecule has 4 nitrogen and oxygen atoms in total. The lowest BCUT2D eigenvalue weighted by atomic mass is 10.3. The van der Waals surface area contributed by atoms with Crippen molar-refractivity contribution in [3.63, 3.8) is 0 Å². The van der Waals surface area contributed by atoms with Crippen molar-refractivity contribution in [3.8, 4) is 11.6 Å². The van der Waals surface area contributed by atoms with Crippen molar-refractivity contribution in [2.45, 2.75) is 20.3 Å². The Bertz CT molecular complexity index is 605. The van der Waals surface area contributed by atoms with Gasteiger partial charge in [-0.2, -0.15) is 4.98 Å². The Balaban J connectivity index is 2.29. The maximum Gasteiger partial charge on any atom is 0.258 e. The summed E-state index contributed by atoms with van der Waals surface area (Å²) in [4.78, 5) is 7.86. The maximum absolute atomic E-state index is 13.7. The van der Waals surface area contributed by atoms with E-state index in [9.17, 15) is 8.78 Å². The summed E-state index contributed by atoms with van der Waals surface area (Å²) in [5.41, 5.74) is 0.598. The Morgan fingerprint density at radius 2 is 2.10 bits per heavy atom. The fourth-order valence-electron chi connectivity index (χ4n) is 1.57. The molecule has 0 spiro atoms. The molecule has 20 heavy (non-hydrogen) atoms. The molecule has 1 N–H and O–H groups in total. The lowest BCUT2D eigenvalue weighted by Gasteiger charge is -2.10. The number of nitrogens with zero attached hydrogens (tertiary/aromatic N) is 2. The van der Waals surface area contributed by atoms with Crippen LogP contribution < -0.4 is 10.1 Å². The molecule has 0 fully saturated rings. The van der Waals surface area contributed by atoms with E-state index in [4.69, 9.17) is 4.74 Å². The van der Waals surface area contributed by atoms with E-state index >= 15 is 0 Å². The molecule has 0 radical (unpaired) electrons. The van der Waals surface area contributed by atoms with E-state index in [1.807, 2.05) is 6.92 Å². The van der Waals surface area contributed by atoms with Crippen molar-refractivity contribution in [2.24, 2.45) is 0 Å². The summed E-state index contributed by atoms with van der Waals surface area (Å²) in [5, 5.41) is 2.78. The fourth-order valence-corrected chi connectivity index (χ4v) is 1.57. The Kier molecular flexibility index (Phi) is 4.45. The van der Waals surface area contributed by atoms with Gasteiger partial charge in [-0.15, -0.1) is 0 Å². The molecule has 0 amide bonds. The SMILES string of the molecule is CCCNc1nc(Oc2cccnc2C)c(F)cc1F. The Hall–Kier alpha value is -2.24. The second-order valence-electron chi connectivity index (χ2n) is 4.22. The lowest BCUT2D eigenvalue weighted by molar-refractivity contribution is 0.413. The number of aryl methyl sites for hydroxylation is 1. The van der Waals surface area contributed by atoms with Crippen LogP contribution in [0.3, 0.4) is 0 Å². The molecule has 0 saturated heterocycles. The molecular formula is C14H15F2N3O. The van der Waals surface area contributed by atoms with E-state index in [-0.39, 0.29) is 11.7 Å². The first-order valence-corrected chi connectivity index (χ1v) is 6.31. The van der Waals surface area contributed by atoms with Gasteiger partial charge in [-0.25, -0.2) is 8.78 Å². The number of ether oxygens (including phenoxy) is 1. The van der Waals surface area contributed by atoms with Crippen LogP contribution in [0.1, 0.15) is 19.0 Å². The molecule has 0 saturated carbocycles. The zero-order valence-corrected chi connectivity index (χ0v) is 11.3. The van der Waals surface area contributed by atoms with Gasteiger partial charge in [-0.3, -0.25) is 4.98 Å². The molecule has 0 bridgehead atoms. The number of pyridine rings is 2. The van der Waals surface area contributed by atoms with Crippen LogP contribution in [0.5, 0.6) is 11.6 Å². The minimum atomic E-state index is -0.854. The van der Waals surface area contributed by atoms with Crippen molar-refractivity contribution in [1.29, 1.82) is 0 Å². The standard InChI is InChI=1S/C14H15F2N3O/c1-3-6-18-13-10(15)8-11(16)14(19-13)20-12-5-4-7-17-9(12)2/h4-5,7-8H,3,6H2,1-2H3,(H,18,19).